The highest BCUT2D eigenvalue weighted by molar-refractivity contribution is 6.34. The van der Waals surface area contributed by atoms with Gasteiger partial charge in [0.25, 0.3) is 0 Å². The molecular weight excluding hydrogens is 336 g/mol. The van der Waals surface area contributed by atoms with Gasteiger partial charge in [0.05, 0.1) is 10.7 Å². The van der Waals surface area contributed by atoms with Gasteiger partial charge < -0.3 is 10.2 Å². The van der Waals surface area contributed by atoms with Gasteiger partial charge in [-0.1, -0.05) is 35.9 Å². The van der Waals surface area contributed by atoms with Crippen LogP contribution in [0, 0.1) is 12.3 Å². The third kappa shape index (κ3) is 4.20. The molecular formula is C20H23ClN2O2. The highest BCUT2D eigenvalue weighted by Gasteiger charge is 2.39. The first kappa shape index (κ1) is 19.0. The van der Waals surface area contributed by atoms with Crippen LogP contribution in [-0.4, -0.2) is 18.4 Å². The molecule has 2 amide bonds. The lowest BCUT2D eigenvalue weighted by molar-refractivity contribution is -0.136. The summed E-state index contributed by atoms with van der Waals surface area (Å²) in [5.74, 6) is -0.651. The van der Waals surface area contributed by atoms with E-state index in [1.165, 1.54) is 0 Å². The Labute approximate surface area is 153 Å². The van der Waals surface area contributed by atoms with Gasteiger partial charge in [0.1, 0.15) is 5.41 Å². The SMILES string of the molecule is CCN(C(=O)C(C)(C)C(=O)Nc1ccccc1Cl)c1cccc(C)c1. The van der Waals surface area contributed by atoms with Gasteiger partial charge in [0, 0.05) is 12.2 Å². The number of hydrogen-bond acceptors (Lipinski definition) is 2. The van der Waals surface area contributed by atoms with E-state index in [0.29, 0.717) is 17.3 Å². The van der Waals surface area contributed by atoms with Crippen molar-refractivity contribution < 1.29 is 9.59 Å². The first-order valence-electron chi connectivity index (χ1n) is 8.22. The van der Waals surface area contributed by atoms with Crippen molar-refractivity contribution in [2.75, 3.05) is 16.8 Å². The number of anilines is 2. The van der Waals surface area contributed by atoms with Gasteiger partial charge in [-0.2, -0.15) is 0 Å². The zero-order chi connectivity index (χ0) is 18.6. The summed E-state index contributed by atoms with van der Waals surface area (Å²) in [6.45, 7) is 7.59. The van der Waals surface area contributed by atoms with Gasteiger partial charge in [-0.05, 0) is 57.5 Å². The standard InChI is InChI=1S/C20H23ClN2O2/c1-5-23(15-10-8-9-14(2)13-15)19(25)20(3,4)18(24)22-17-12-7-6-11-16(17)21/h6-13H,5H2,1-4H3,(H,22,24). The molecule has 0 radical (unpaired) electrons. The Morgan fingerprint density at radius 2 is 1.80 bits per heavy atom. The summed E-state index contributed by atoms with van der Waals surface area (Å²) in [6, 6.07) is 14.6. The smallest absolute Gasteiger partial charge is 0.242 e. The van der Waals surface area contributed by atoms with Crippen molar-refractivity contribution in [3.63, 3.8) is 0 Å². The molecule has 132 valence electrons. The fourth-order valence-corrected chi connectivity index (χ4v) is 2.70. The van der Waals surface area contributed by atoms with E-state index in [9.17, 15) is 9.59 Å². The van der Waals surface area contributed by atoms with Crippen molar-refractivity contribution in [3.8, 4) is 0 Å². The minimum Gasteiger partial charge on any atom is -0.324 e. The molecule has 0 heterocycles. The van der Waals surface area contributed by atoms with Crippen LogP contribution >= 0.6 is 11.6 Å². The van der Waals surface area contributed by atoms with E-state index in [1.807, 2.05) is 38.1 Å². The normalized spacial score (nSPS) is 11.1. The van der Waals surface area contributed by atoms with E-state index >= 15 is 0 Å². The molecule has 0 fully saturated rings. The maximum absolute atomic E-state index is 13.1. The number of rotatable bonds is 5. The molecule has 25 heavy (non-hydrogen) atoms. The van der Waals surface area contributed by atoms with Gasteiger partial charge in [-0.15, -0.1) is 0 Å². The molecule has 0 spiro atoms. The molecule has 2 aromatic rings. The number of benzene rings is 2. The van der Waals surface area contributed by atoms with E-state index < -0.39 is 11.3 Å². The van der Waals surface area contributed by atoms with Crippen molar-refractivity contribution >= 4 is 34.8 Å². The molecule has 0 bridgehead atoms. The van der Waals surface area contributed by atoms with Crippen LogP contribution in [0.4, 0.5) is 11.4 Å². The lowest BCUT2D eigenvalue weighted by atomic mass is 9.89. The molecule has 5 heteroatoms. The number of nitrogens with one attached hydrogen (secondary N) is 1. The summed E-state index contributed by atoms with van der Waals surface area (Å²) in [7, 11) is 0. The highest BCUT2D eigenvalue weighted by Crippen LogP contribution is 2.28. The molecule has 0 aromatic heterocycles. The van der Waals surface area contributed by atoms with Gasteiger partial charge in [0.2, 0.25) is 11.8 Å². The van der Waals surface area contributed by atoms with Crippen molar-refractivity contribution in [1.82, 2.24) is 0 Å². The Morgan fingerprint density at radius 3 is 2.40 bits per heavy atom. The molecule has 4 nitrogen and oxygen atoms in total. The highest BCUT2D eigenvalue weighted by atomic mass is 35.5. The maximum Gasteiger partial charge on any atom is 0.242 e. The summed E-state index contributed by atoms with van der Waals surface area (Å²) >= 11 is 6.09. The second kappa shape index (κ2) is 7.70. The summed E-state index contributed by atoms with van der Waals surface area (Å²) in [4.78, 5) is 27.4. The van der Waals surface area contributed by atoms with Gasteiger partial charge >= 0.3 is 0 Å². The molecule has 0 saturated carbocycles. The summed E-state index contributed by atoms with van der Waals surface area (Å²) < 4.78 is 0. The molecule has 2 aromatic carbocycles. The van der Waals surface area contributed by atoms with E-state index in [-0.39, 0.29) is 5.91 Å². The number of carbonyl (C=O) groups is 2. The zero-order valence-corrected chi connectivity index (χ0v) is 15.7. The van der Waals surface area contributed by atoms with Gasteiger partial charge in [-0.25, -0.2) is 0 Å². The van der Waals surface area contributed by atoms with E-state index in [2.05, 4.69) is 5.32 Å². The Hall–Kier alpha value is -2.33. The van der Waals surface area contributed by atoms with Crippen LogP contribution in [0.1, 0.15) is 26.3 Å². The zero-order valence-electron chi connectivity index (χ0n) is 15.0. The fourth-order valence-electron chi connectivity index (χ4n) is 2.51. The fraction of sp³-hybridized carbons (Fsp3) is 0.300. The van der Waals surface area contributed by atoms with Crippen molar-refractivity contribution in [2.24, 2.45) is 5.41 Å². The molecule has 2 rings (SSSR count). The predicted molar refractivity (Wildman–Crippen MR) is 103 cm³/mol. The molecule has 0 atom stereocenters. The average Bonchev–Trinajstić information content (AvgIpc) is 2.57. The minimum atomic E-state index is -1.24. The molecule has 1 N–H and O–H groups in total. The van der Waals surface area contributed by atoms with Crippen LogP contribution in [-0.2, 0) is 9.59 Å². The Bertz CT molecular complexity index is 787. The van der Waals surface area contributed by atoms with Crippen molar-refractivity contribution in [3.05, 3.63) is 59.1 Å². The largest absolute Gasteiger partial charge is 0.324 e. The lowest BCUT2D eigenvalue weighted by Gasteiger charge is -2.30. The number of aryl methyl sites for hydroxylation is 1. The van der Waals surface area contributed by atoms with Crippen LogP contribution in [0.2, 0.25) is 5.02 Å². The van der Waals surface area contributed by atoms with Crippen LogP contribution < -0.4 is 10.2 Å². The third-order valence-corrected chi connectivity index (χ3v) is 4.43. The summed E-state index contributed by atoms with van der Waals surface area (Å²) in [6.07, 6.45) is 0. The number of carbonyl (C=O) groups excluding carboxylic acids is 2. The van der Waals surface area contributed by atoms with Crippen LogP contribution in [0.3, 0.4) is 0 Å². The van der Waals surface area contributed by atoms with Crippen LogP contribution in [0.15, 0.2) is 48.5 Å². The first-order chi connectivity index (χ1) is 11.8. The summed E-state index contributed by atoms with van der Waals surface area (Å²) in [5, 5.41) is 3.19. The van der Waals surface area contributed by atoms with E-state index in [0.717, 1.165) is 11.3 Å². The predicted octanol–water partition coefficient (Wildman–Crippen LogP) is 4.67. The Kier molecular flexibility index (Phi) is 5.85. The quantitative estimate of drug-likeness (QED) is 0.790. The number of halogens is 1. The molecule has 0 aliphatic heterocycles. The second-order valence-electron chi connectivity index (χ2n) is 6.45. The van der Waals surface area contributed by atoms with E-state index in [1.54, 1.807) is 43.0 Å². The number of nitrogens with zero attached hydrogens (tertiary/aromatic N) is 1. The molecule has 0 aliphatic rings. The second-order valence-corrected chi connectivity index (χ2v) is 6.85. The van der Waals surface area contributed by atoms with E-state index in [4.69, 9.17) is 11.6 Å². The van der Waals surface area contributed by atoms with Gasteiger partial charge in [-0.3, -0.25) is 9.59 Å². The lowest BCUT2D eigenvalue weighted by Crippen LogP contribution is -2.47. The Morgan fingerprint density at radius 1 is 1.12 bits per heavy atom. The maximum atomic E-state index is 13.1. The first-order valence-corrected chi connectivity index (χ1v) is 8.59. The molecule has 0 aliphatic carbocycles. The number of amides is 2. The van der Waals surface area contributed by atoms with Crippen LogP contribution in [0.25, 0.3) is 0 Å². The van der Waals surface area contributed by atoms with Gasteiger partial charge in [0.15, 0.2) is 0 Å². The topological polar surface area (TPSA) is 49.4 Å². The number of para-hydroxylation sites is 1. The monoisotopic (exact) mass is 358 g/mol. The third-order valence-electron chi connectivity index (χ3n) is 4.10. The minimum absolute atomic E-state index is 0.259. The average molecular weight is 359 g/mol. The Balaban J connectivity index is 2.25. The summed E-state index contributed by atoms with van der Waals surface area (Å²) in [5.41, 5.74) is 1.10. The van der Waals surface area contributed by atoms with Crippen LogP contribution in [0.5, 0.6) is 0 Å². The molecule has 0 unspecified atom stereocenters. The van der Waals surface area contributed by atoms with Crippen molar-refractivity contribution in [1.29, 1.82) is 0 Å². The molecule has 0 saturated heterocycles. The number of hydrogen-bond donors (Lipinski definition) is 1. The van der Waals surface area contributed by atoms with Crippen molar-refractivity contribution in [2.45, 2.75) is 27.7 Å².